The van der Waals surface area contributed by atoms with Crippen molar-refractivity contribution in [1.29, 1.82) is 0 Å². The molecular weight excluding hydrogens is 324 g/mol. The fourth-order valence-electron chi connectivity index (χ4n) is 2.24. The number of thioether (sulfide) groups is 1. The topological polar surface area (TPSA) is 90.3 Å². The van der Waals surface area contributed by atoms with Gasteiger partial charge in [0.2, 0.25) is 5.69 Å². The van der Waals surface area contributed by atoms with Gasteiger partial charge in [-0.2, -0.15) is 4.98 Å². The number of hydrogen-bond acceptors (Lipinski definition) is 6. The molecule has 1 heterocycles. The maximum Gasteiger partial charge on any atom is 0.305 e. The fourth-order valence-corrected chi connectivity index (χ4v) is 3.21. The molecule has 0 saturated carbocycles. The third-order valence-electron chi connectivity index (χ3n) is 3.39. The van der Waals surface area contributed by atoms with E-state index in [0.29, 0.717) is 16.6 Å². The quantitative estimate of drug-likeness (QED) is 0.437. The summed E-state index contributed by atoms with van der Waals surface area (Å²) >= 11 is 1.37. The Balaban J connectivity index is 2.07. The second-order valence-corrected chi connectivity index (χ2v) is 5.91. The highest BCUT2D eigenvalue weighted by molar-refractivity contribution is 7.98. The molecule has 120 valence electrons. The van der Waals surface area contributed by atoms with Crippen LogP contribution in [0.5, 0.6) is 0 Å². The Morgan fingerprint density at radius 2 is 1.67 bits per heavy atom. The molecule has 7 heteroatoms. The third-order valence-corrected chi connectivity index (χ3v) is 4.40. The minimum atomic E-state index is -0.717. The first-order valence-corrected chi connectivity index (χ1v) is 8.17. The van der Waals surface area contributed by atoms with Crippen LogP contribution in [0.2, 0.25) is 0 Å². The molecule has 1 aromatic heterocycles. The number of anilines is 1. The van der Waals surface area contributed by atoms with Gasteiger partial charge >= 0.3 is 5.56 Å². The van der Waals surface area contributed by atoms with Gasteiger partial charge in [-0.25, -0.2) is 0 Å². The molecule has 3 rings (SSSR count). The lowest BCUT2D eigenvalue weighted by atomic mass is 10.2. The minimum absolute atomic E-state index is 0.00763. The van der Waals surface area contributed by atoms with Crippen molar-refractivity contribution in [1.82, 2.24) is 9.55 Å². The van der Waals surface area contributed by atoms with E-state index < -0.39 is 5.56 Å². The molecule has 0 aliphatic rings. The van der Waals surface area contributed by atoms with Gasteiger partial charge in [0.15, 0.2) is 5.16 Å². The zero-order valence-corrected chi connectivity index (χ0v) is 13.4. The van der Waals surface area contributed by atoms with Gasteiger partial charge in [-0.15, -0.1) is 4.91 Å². The van der Waals surface area contributed by atoms with Crippen LogP contribution in [0, 0.1) is 4.91 Å². The molecule has 6 nitrogen and oxygen atoms in total. The first-order valence-electron chi connectivity index (χ1n) is 7.18. The van der Waals surface area contributed by atoms with Crippen molar-refractivity contribution >= 4 is 23.3 Å². The highest BCUT2D eigenvalue weighted by atomic mass is 32.2. The number of nitrogens with zero attached hydrogens (tertiary/aromatic N) is 3. The molecule has 0 aliphatic heterocycles. The van der Waals surface area contributed by atoms with Crippen molar-refractivity contribution in [2.24, 2.45) is 5.18 Å². The molecule has 0 unspecified atom stereocenters. The van der Waals surface area contributed by atoms with Crippen LogP contribution in [0.15, 0.2) is 75.8 Å². The lowest BCUT2D eigenvalue weighted by Crippen LogP contribution is -2.17. The van der Waals surface area contributed by atoms with E-state index in [4.69, 9.17) is 5.73 Å². The normalized spacial score (nSPS) is 10.5. The first kappa shape index (κ1) is 15.9. The van der Waals surface area contributed by atoms with E-state index in [1.54, 1.807) is 4.57 Å². The van der Waals surface area contributed by atoms with E-state index in [1.165, 1.54) is 11.8 Å². The molecule has 0 fully saturated rings. The standard InChI is InChI=1S/C17H14N4O2S/c18-15-14(20-23)16(22)19-17(21(15)13-9-5-2-6-10-13)24-11-12-7-3-1-4-8-12/h1-10H,11,18H2. The zero-order valence-electron chi connectivity index (χ0n) is 12.6. The summed E-state index contributed by atoms with van der Waals surface area (Å²) in [5.74, 6) is 0.611. The van der Waals surface area contributed by atoms with Crippen LogP contribution in [0.3, 0.4) is 0 Å². The number of benzene rings is 2. The van der Waals surface area contributed by atoms with Crippen molar-refractivity contribution in [3.63, 3.8) is 0 Å². The second-order valence-electron chi connectivity index (χ2n) is 4.97. The number of aromatic nitrogens is 2. The molecule has 2 aromatic carbocycles. The van der Waals surface area contributed by atoms with Gasteiger partial charge < -0.3 is 5.73 Å². The summed E-state index contributed by atoms with van der Waals surface area (Å²) < 4.78 is 1.58. The van der Waals surface area contributed by atoms with Gasteiger partial charge in [0.25, 0.3) is 0 Å². The van der Waals surface area contributed by atoms with Crippen LogP contribution < -0.4 is 11.3 Å². The van der Waals surface area contributed by atoms with Crippen molar-refractivity contribution in [3.8, 4) is 5.69 Å². The van der Waals surface area contributed by atoms with E-state index in [-0.39, 0.29) is 11.5 Å². The highest BCUT2D eigenvalue weighted by Crippen LogP contribution is 2.29. The molecule has 0 radical (unpaired) electrons. The summed E-state index contributed by atoms with van der Waals surface area (Å²) in [6.07, 6.45) is 0. The maximum absolute atomic E-state index is 12.0. The van der Waals surface area contributed by atoms with Gasteiger partial charge in [0, 0.05) is 11.4 Å². The first-order chi connectivity index (χ1) is 11.7. The summed E-state index contributed by atoms with van der Waals surface area (Å²) in [6, 6.07) is 19.0. The zero-order chi connectivity index (χ0) is 16.9. The van der Waals surface area contributed by atoms with Crippen molar-refractivity contribution in [2.45, 2.75) is 10.9 Å². The number of hydrogen-bond donors (Lipinski definition) is 1. The van der Waals surface area contributed by atoms with E-state index >= 15 is 0 Å². The number of nitroso groups, excluding NO2 is 1. The van der Waals surface area contributed by atoms with E-state index in [9.17, 15) is 9.70 Å². The third kappa shape index (κ3) is 3.21. The van der Waals surface area contributed by atoms with Crippen LogP contribution in [0.4, 0.5) is 11.5 Å². The molecule has 0 spiro atoms. The summed E-state index contributed by atoms with van der Waals surface area (Å²) in [6.45, 7) is 0. The van der Waals surface area contributed by atoms with Gasteiger partial charge in [0.1, 0.15) is 5.82 Å². The Bertz CT molecular complexity index is 911. The Morgan fingerprint density at radius 1 is 1.04 bits per heavy atom. The Morgan fingerprint density at radius 3 is 2.29 bits per heavy atom. The van der Waals surface area contributed by atoms with E-state index in [2.05, 4.69) is 10.2 Å². The predicted octanol–water partition coefficient (Wildman–Crippen LogP) is 3.50. The lowest BCUT2D eigenvalue weighted by molar-refractivity contribution is 0.823. The molecule has 0 aliphatic carbocycles. The largest absolute Gasteiger partial charge is 0.383 e. The van der Waals surface area contributed by atoms with Crippen molar-refractivity contribution in [3.05, 3.63) is 81.5 Å². The fraction of sp³-hybridized carbons (Fsp3) is 0.0588. The molecular formula is C17H14N4O2S. The molecule has 0 saturated heterocycles. The summed E-state index contributed by atoms with van der Waals surface area (Å²) in [5, 5.41) is 3.15. The van der Waals surface area contributed by atoms with Gasteiger partial charge in [0.05, 0.1) is 0 Å². The average Bonchev–Trinajstić information content (AvgIpc) is 2.62. The van der Waals surface area contributed by atoms with Crippen molar-refractivity contribution < 1.29 is 0 Å². The van der Waals surface area contributed by atoms with Crippen LogP contribution in [-0.4, -0.2) is 9.55 Å². The number of nitrogens with two attached hydrogens (primary N) is 1. The SMILES string of the molecule is Nc1c(N=O)c(=O)nc(SCc2ccccc2)n1-c1ccccc1. The molecule has 2 N–H and O–H groups in total. The predicted molar refractivity (Wildman–Crippen MR) is 95.7 cm³/mol. The molecule has 0 atom stereocenters. The molecule has 24 heavy (non-hydrogen) atoms. The summed E-state index contributed by atoms with van der Waals surface area (Å²) in [5.41, 5.74) is 6.72. The van der Waals surface area contributed by atoms with E-state index in [0.717, 1.165) is 5.56 Å². The Hall–Kier alpha value is -2.93. The number of nitrogen functional groups attached to an aromatic ring is 1. The Labute approximate surface area is 142 Å². The molecule has 3 aromatic rings. The van der Waals surface area contributed by atoms with E-state index in [1.807, 2.05) is 60.7 Å². The van der Waals surface area contributed by atoms with Gasteiger partial charge in [-0.05, 0) is 22.9 Å². The second kappa shape index (κ2) is 7.10. The van der Waals surface area contributed by atoms with Crippen LogP contribution in [-0.2, 0) is 5.75 Å². The Kier molecular flexibility index (Phi) is 4.72. The number of para-hydroxylation sites is 1. The maximum atomic E-state index is 12.0. The van der Waals surface area contributed by atoms with Crippen LogP contribution in [0.25, 0.3) is 5.69 Å². The van der Waals surface area contributed by atoms with Crippen LogP contribution >= 0.6 is 11.8 Å². The highest BCUT2D eigenvalue weighted by Gasteiger charge is 2.17. The smallest absolute Gasteiger partial charge is 0.305 e. The summed E-state index contributed by atoms with van der Waals surface area (Å²) in [4.78, 5) is 26.9. The molecule has 0 amide bonds. The summed E-state index contributed by atoms with van der Waals surface area (Å²) in [7, 11) is 0. The van der Waals surface area contributed by atoms with Crippen molar-refractivity contribution in [2.75, 3.05) is 5.73 Å². The van der Waals surface area contributed by atoms with Gasteiger partial charge in [-0.1, -0.05) is 60.3 Å². The lowest BCUT2D eigenvalue weighted by Gasteiger charge is -2.15. The van der Waals surface area contributed by atoms with Crippen LogP contribution in [0.1, 0.15) is 5.56 Å². The van der Waals surface area contributed by atoms with Gasteiger partial charge in [-0.3, -0.25) is 9.36 Å². The number of rotatable bonds is 5. The monoisotopic (exact) mass is 338 g/mol. The average molecular weight is 338 g/mol. The molecule has 0 bridgehead atoms. The minimum Gasteiger partial charge on any atom is -0.383 e.